The first-order chi connectivity index (χ1) is 19.7. The van der Waals surface area contributed by atoms with E-state index >= 15 is 0 Å². The Hall–Kier alpha value is -1.91. The van der Waals surface area contributed by atoms with Crippen molar-refractivity contribution in [1.29, 1.82) is 0 Å². The average molecular weight is 605 g/mol. The van der Waals surface area contributed by atoms with Gasteiger partial charge in [0.1, 0.15) is 17.8 Å². The van der Waals surface area contributed by atoms with Crippen LogP contribution in [-0.4, -0.2) is 92.2 Å². The number of amides is 3. The predicted octanol–water partition coefficient (Wildman–Crippen LogP) is 5.82. The van der Waals surface area contributed by atoms with Gasteiger partial charge in [-0.15, -0.1) is 11.8 Å². The van der Waals surface area contributed by atoms with E-state index in [1.165, 1.54) is 36.8 Å². The fourth-order valence-corrected chi connectivity index (χ4v) is 8.29. The molecule has 2 atom stereocenters. The number of carbonyl (C=O) groups is 3. The van der Waals surface area contributed by atoms with E-state index in [4.69, 9.17) is 4.74 Å². The van der Waals surface area contributed by atoms with Crippen LogP contribution in [0.2, 0.25) is 0 Å². The zero-order valence-electron chi connectivity index (χ0n) is 25.2. The van der Waals surface area contributed by atoms with Crippen molar-refractivity contribution in [3.63, 3.8) is 0 Å². The molecule has 1 aromatic carbocycles. The lowest BCUT2D eigenvalue weighted by Crippen LogP contribution is -2.58. The van der Waals surface area contributed by atoms with Gasteiger partial charge in [0.05, 0.1) is 5.88 Å². The first-order valence-corrected chi connectivity index (χ1v) is 17.5. The third-order valence-electron chi connectivity index (χ3n) is 8.43. The van der Waals surface area contributed by atoms with E-state index in [2.05, 4.69) is 29.2 Å². The fraction of sp³-hybridized carbons (Fsp3) is 0.710. The third kappa shape index (κ3) is 8.80. The van der Waals surface area contributed by atoms with Crippen LogP contribution in [0.25, 0.3) is 0 Å². The molecule has 228 valence electrons. The van der Waals surface area contributed by atoms with Crippen LogP contribution in [0.5, 0.6) is 0 Å². The number of benzene rings is 1. The molecule has 0 spiro atoms. The first kappa shape index (κ1) is 32.0. The number of ether oxygens (including phenoxy) is 1. The maximum Gasteiger partial charge on any atom is 0.412 e. The minimum absolute atomic E-state index is 0.00211. The minimum Gasteiger partial charge on any atom is -0.444 e. The zero-order valence-corrected chi connectivity index (χ0v) is 26.8. The Labute approximate surface area is 255 Å². The summed E-state index contributed by atoms with van der Waals surface area (Å²) < 4.78 is 7.63. The van der Waals surface area contributed by atoms with Crippen molar-refractivity contribution < 1.29 is 19.1 Å². The van der Waals surface area contributed by atoms with E-state index in [0.717, 1.165) is 51.7 Å². The number of piperidine rings is 1. The standard InChI is InChI=1S/C31H48N4O4S2/c1-31(2,3)39-30(38)34-23-41-21-28(34)33(22-36)27(19-24-11-7-5-8-12-24)29(37)35(40-4)26-15-17-32(18-16-26)20-25-13-9-6-10-14-25/h6,9-10,13-14,22,24,26-28H,5,7-8,11-12,15-21,23H2,1-4H3/t27-,28-/m1/s1. The molecule has 10 heteroatoms. The van der Waals surface area contributed by atoms with Crippen molar-refractivity contribution in [2.24, 2.45) is 5.92 Å². The van der Waals surface area contributed by atoms with Gasteiger partial charge in [-0.05, 0) is 51.5 Å². The lowest BCUT2D eigenvalue weighted by molar-refractivity contribution is -0.143. The minimum atomic E-state index is -0.636. The molecular weight excluding hydrogens is 556 g/mol. The Bertz CT molecular complexity index is 994. The molecule has 0 radical (unpaired) electrons. The predicted molar refractivity (Wildman–Crippen MR) is 167 cm³/mol. The monoisotopic (exact) mass is 604 g/mol. The summed E-state index contributed by atoms with van der Waals surface area (Å²) in [5.74, 6) is 1.42. The molecule has 0 aromatic heterocycles. The van der Waals surface area contributed by atoms with Gasteiger partial charge < -0.3 is 9.64 Å². The quantitative estimate of drug-likeness (QED) is 0.246. The van der Waals surface area contributed by atoms with Crippen LogP contribution in [0.3, 0.4) is 0 Å². The molecule has 2 heterocycles. The number of thioether (sulfide) groups is 1. The SMILES string of the molecule is CSN(C(=O)[C@@H](CC1CCCCC1)N(C=O)[C@H]1CSCN1C(=O)OC(C)(C)C)C1CCN(Cc2ccccc2)CC1. The lowest BCUT2D eigenvalue weighted by atomic mass is 9.84. The molecule has 2 saturated heterocycles. The number of rotatable bonds is 10. The van der Waals surface area contributed by atoms with Crippen LogP contribution in [0, 0.1) is 5.92 Å². The Balaban J connectivity index is 1.50. The van der Waals surface area contributed by atoms with Gasteiger partial charge in [-0.3, -0.25) is 23.7 Å². The Morgan fingerprint density at radius 3 is 2.39 bits per heavy atom. The van der Waals surface area contributed by atoms with Crippen molar-refractivity contribution in [2.75, 3.05) is 31.0 Å². The second-order valence-electron chi connectivity index (χ2n) is 12.6. The largest absolute Gasteiger partial charge is 0.444 e. The van der Waals surface area contributed by atoms with Gasteiger partial charge in [0, 0.05) is 37.7 Å². The van der Waals surface area contributed by atoms with E-state index in [1.54, 1.807) is 21.6 Å². The molecule has 1 aliphatic carbocycles. The van der Waals surface area contributed by atoms with Crippen molar-refractivity contribution >= 4 is 42.1 Å². The summed E-state index contributed by atoms with van der Waals surface area (Å²) in [5, 5.41) is 0. The average Bonchev–Trinajstić information content (AvgIpc) is 3.44. The molecule has 0 bridgehead atoms. The van der Waals surface area contributed by atoms with Crippen LogP contribution in [0.15, 0.2) is 30.3 Å². The molecule has 4 rings (SSSR count). The summed E-state index contributed by atoms with van der Waals surface area (Å²) in [6.07, 6.45) is 10.0. The number of likely N-dealkylation sites (tertiary alicyclic amines) is 1. The van der Waals surface area contributed by atoms with Crippen molar-refractivity contribution in [3.8, 4) is 0 Å². The number of hydrogen-bond donors (Lipinski definition) is 0. The summed E-state index contributed by atoms with van der Waals surface area (Å²) in [5.41, 5.74) is 0.672. The van der Waals surface area contributed by atoms with Crippen LogP contribution >= 0.6 is 23.7 Å². The highest BCUT2D eigenvalue weighted by Crippen LogP contribution is 2.34. The maximum absolute atomic E-state index is 14.4. The summed E-state index contributed by atoms with van der Waals surface area (Å²) in [6, 6.07) is 10.0. The van der Waals surface area contributed by atoms with E-state index in [9.17, 15) is 14.4 Å². The molecule has 0 unspecified atom stereocenters. The second kappa shape index (κ2) is 15.0. The molecule has 3 fully saturated rings. The molecule has 8 nitrogen and oxygen atoms in total. The Morgan fingerprint density at radius 1 is 1.10 bits per heavy atom. The van der Waals surface area contributed by atoms with Gasteiger partial charge in [-0.25, -0.2) is 4.79 Å². The highest BCUT2D eigenvalue weighted by atomic mass is 32.2. The lowest BCUT2D eigenvalue weighted by Gasteiger charge is -2.43. The number of hydrogen-bond acceptors (Lipinski definition) is 7. The molecule has 1 saturated carbocycles. The third-order valence-corrected chi connectivity index (χ3v) is 10.3. The highest BCUT2D eigenvalue weighted by molar-refractivity contribution is 7.99. The van der Waals surface area contributed by atoms with Gasteiger partial charge in [0.2, 0.25) is 6.41 Å². The number of nitrogens with zero attached hydrogens (tertiary/aromatic N) is 4. The molecule has 3 amide bonds. The fourth-order valence-electron chi connectivity index (χ4n) is 6.33. The Morgan fingerprint density at radius 2 is 1.78 bits per heavy atom. The molecule has 0 N–H and O–H groups in total. The van der Waals surface area contributed by atoms with Gasteiger partial charge in [-0.2, -0.15) is 0 Å². The molecule has 41 heavy (non-hydrogen) atoms. The smallest absolute Gasteiger partial charge is 0.412 e. The summed E-state index contributed by atoms with van der Waals surface area (Å²) in [4.78, 5) is 46.1. The highest BCUT2D eigenvalue weighted by Gasteiger charge is 2.43. The van der Waals surface area contributed by atoms with Crippen LogP contribution in [0.1, 0.15) is 77.7 Å². The first-order valence-electron chi connectivity index (χ1n) is 15.1. The van der Waals surface area contributed by atoms with Crippen LogP contribution in [-0.2, 0) is 20.9 Å². The molecule has 3 aliphatic rings. The second-order valence-corrected chi connectivity index (χ2v) is 14.3. The topological polar surface area (TPSA) is 73.4 Å². The van der Waals surface area contributed by atoms with E-state index in [0.29, 0.717) is 24.0 Å². The van der Waals surface area contributed by atoms with Gasteiger partial charge >= 0.3 is 6.09 Å². The molecule has 2 aliphatic heterocycles. The van der Waals surface area contributed by atoms with Crippen molar-refractivity contribution in [1.82, 2.24) is 19.0 Å². The molecule has 1 aromatic rings. The van der Waals surface area contributed by atoms with Crippen molar-refractivity contribution in [3.05, 3.63) is 35.9 Å². The van der Waals surface area contributed by atoms with Gasteiger partial charge in [0.15, 0.2) is 0 Å². The van der Waals surface area contributed by atoms with Crippen molar-refractivity contribution in [2.45, 2.75) is 103 Å². The van der Waals surface area contributed by atoms with Crippen LogP contribution < -0.4 is 0 Å². The van der Waals surface area contributed by atoms with E-state index in [-0.39, 0.29) is 11.9 Å². The maximum atomic E-state index is 14.4. The van der Waals surface area contributed by atoms with E-state index in [1.807, 2.05) is 37.4 Å². The van der Waals surface area contributed by atoms with E-state index < -0.39 is 23.9 Å². The van der Waals surface area contributed by atoms with Gasteiger partial charge in [0.25, 0.3) is 5.91 Å². The summed E-state index contributed by atoms with van der Waals surface area (Å²) in [7, 11) is 0. The summed E-state index contributed by atoms with van der Waals surface area (Å²) in [6.45, 7) is 8.32. The zero-order chi connectivity index (χ0) is 29.4. The Kier molecular flexibility index (Phi) is 11.7. The normalized spacial score (nSPS) is 21.9. The van der Waals surface area contributed by atoms with Crippen LogP contribution in [0.4, 0.5) is 4.79 Å². The summed E-state index contributed by atoms with van der Waals surface area (Å²) >= 11 is 3.07. The van der Waals surface area contributed by atoms with Gasteiger partial charge in [-0.1, -0.05) is 74.4 Å². The number of carbonyl (C=O) groups excluding carboxylic acids is 3. The molecular formula is C31H48N4O4S2.